The first-order valence-electron chi connectivity index (χ1n) is 8.81. The summed E-state index contributed by atoms with van der Waals surface area (Å²) >= 11 is 0. The van der Waals surface area contributed by atoms with Crippen LogP contribution in [0.25, 0.3) is 16.7 Å². The molecule has 0 atom stereocenters. The molecule has 0 unspecified atom stereocenters. The second-order valence-corrected chi connectivity index (χ2v) is 6.54. The van der Waals surface area contributed by atoms with Crippen molar-refractivity contribution in [3.8, 4) is 0 Å². The van der Waals surface area contributed by atoms with Gasteiger partial charge >= 0.3 is 0 Å². The standard InChI is InChI=1S/C18H21N5O3/c1-21-14(17(24)19-5-7-22-8-10-26-11-9-22)12-13-16(21)20-15-4-2-3-6-23(15)18(13)25/h2-4,6,12H,5,7-11H2,1H3,(H,19,24)/p+1. The van der Waals surface area contributed by atoms with E-state index in [0.29, 0.717) is 28.9 Å². The molecule has 0 aliphatic carbocycles. The maximum Gasteiger partial charge on any atom is 0.268 e. The van der Waals surface area contributed by atoms with Crippen molar-refractivity contribution < 1.29 is 14.4 Å². The molecule has 4 rings (SSSR count). The molecule has 0 aromatic carbocycles. The van der Waals surface area contributed by atoms with Gasteiger partial charge in [-0.1, -0.05) is 6.07 Å². The fourth-order valence-electron chi connectivity index (χ4n) is 3.39. The smallest absolute Gasteiger partial charge is 0.268 e. The first-order chi connectivity index (χ1) is 12.6. The van der Waals surface area contributed by atoms with Crippen LogP contribution in [0.15, 0.2) is 35.3 Å². The molecular weight excluding hydrogens is 334 g/mol. The molecule has 136 valence electrons. The van der Waals surface area contributed by atoms with E-state index in [0.717, 1.165) is 32.8 Å². The summed E-state index contributed by atoms with van der Waals surface area (Å²) in [6.45, 7) is 4.94. The Labute approximate surface area is 150 Å². The lowest BCUT2D eigenvalue weighted by molar-refractivity contribution is -0.906. The van der Waals surface area contributed by atoms with E-state index in [1.807, 2.05) is 6.07 Å². The number of carbonyl (C=O) groups excluding carboxylic acids is 1. The van der Waals surface area contributed by atoms with Crippen LogP contribution in [0.3, 0.4) is 0 Å². The zero-order chi connectivity index (χ0) is 18.1. The minimum atomic E-state index is -0.188. The first kappa shape index (κ1) is 16.7. The van der Waals surface area contributed by atoms with Crippen LogP contribution < -0.4 is 15.8 Å². The highest BCUT2D eigenvalue weighted by atomic mass is 16.5. The van der Waals surface area contributed by atoms with Crippen molar-refractivity contribution in [2.75, 3.05) is 39.4 Å². The van der Waals surface area contributed by atoms with Crippen LogP contribution in [0.5, 0.6) is 0 Å². The van der Waals surface area contributed by atoms with E-state index in [1.165, 1.54) is 9.30 Å². The Balaban J connectivity index is 1.57. The highest BCUT2D eigenvalue weighted by Gasteiger charge is 2.18. The van der Waals surface area contributed by atoms with Crippen molar-refractivity contribution in [3.63, 3.8) is 0 Å². The van der Waals surface area contributed by atoms with E-state index in [-0.39, 0.29) is 11.5 Å². The van der Waals surface area contributed by atoms with Gasteiger partial charge < -0.3 is 19.5 Å². The van der Waals surface area contributed by atoms with E-state index in [2.05, 4.69) is 10.3 Å². The molecular formula is C18H22N5O3+. The van der Waals surface area contributed by atoms with Gasteiger partial charge in [-0.2, -0.15) is 0 Å². The number of quaternary nitrogens is 1. The average molecular weight is 356 g/mol. The topological polar surface area (TPSA) is 82.1 Å². The SMILES string of the molecule is Cn1c(C(=O)NCC[NH+]2CCOCC2)cc2c(=O)n3ccccc3nc21. The summed E-state index contributed by atoms with van der Waals surface area (Å²) in [6.07, 6.45) is 1.68. The quantitative estimate of drug-likeness (QED) is 0.617. The molecule has 1 amide bonds. The number of fused-ring (bicyclic) bond motifs is 2. The Kier molecular flexibility index (Phi) is 4.44. The van der Waals surface area contributed by atoms with Crippen molar-refractivity contribution in [3.05, 3.63) is 46.5 Å². The summed E-state index contributed by atoms with van der Waals surface area (Å²) < 4.78 is 8.51. The maximum absolute atomic E-state index is 12.7. The number of hydrogen-bond donors (Lipinski definition) is 2. The summed E-state index contributed by atoms with van der Waals surface area (Å²) in [5.41, 5.74) is 1.36. The summed E-state index contributed by atoms with van der Waals surface area (Å²) in [4.78, 5) is 31.2. The van der Waals surface area contributed by atoms with E-state index in [9.17, 15) is 9.59 Å². The van der Waals surface area contributed by atoms with Crippen LogP contribution in [0.2, 0.25) is 0 Å². The first-order valence-corrected chi connectivity index (χ1v) is 8.81. The number of hydrogen-bond acceptors (Lipinski definition) is 4. The van der Waals surface area contributed by atoms with E-state index in [1.54, 1.807) is 36.0 Å². The minimum Gasteiger partial charge on any atom is -0.370 e. The third-order valence-corrected chi connectivity index (χ3v) is 4.91. The fourth-order valence-corrected chi connectivity index (χ4v) is 3.39. The molecule has 1 saturated heterocycles. The Hall–Kier alpha value is -2.71. The number of amides is 1. The van der Waals surface area contributed by atoms with Crippen molar-refractivity contribution in [2.45, 2.75) is 0 Å². The summed E-state index contributed by atoms with van der Waals surface area (Å²) in [6, 6.07) is 7.02. The van der Waals surface area contributed by atoms with Gasteiger partial charge in [0.25, 0.3) is 11.5 Å². The van der Waals surface area contributed by atoms with Gasteiger partial charge in [0.15, 0.2) is 0 Å². The number of ether oxygens (including phenoxy) is 1. The van der Waals surface area contributed by atoms with Gasteiger partial charge in [-0.05, 0) is 18.2 Å². The molecule has 0 spiro atoms. The Morgan fingerprint density at radius 3 is 2.96 bits per heavy atom. The predicted octanol–water partition coefficient (Wildman–Crippen LogP) is -1.17. The molecule has 26 heavy (non-hydrogen) atoms. The van der Waals surface area contributed by atoms with Gasteiger partial charge in [0.2, 0.25) is 0 Å². The zero-order valence-corrected chi connectivity index (χ0v) is 14.7. The number of pyridine rings is 1. The van der Waals surface area contributed by atoms with Crippen molar-refractivity contribution >= 4 is 22.6 Å². The van der Waals surface area contributed by atoms with Gasteiger partial charge in [0, 0.05) is 13.2 Å². The Bertz CT molecular complexity index is 1020. The third kappa shape index (κ3) is 2.97. The predicted molar refractivity (Wildman–Crippen MR) is 96.7 cm³/mol. The fraction of sp³-hybridized carbons (Fsp3) is 0.389. The number of morpholine rings is 1. The highest BCUT2D eigenvalue weighted by molar-refractivity contribution is 5.98. The van der Waals surface area contributed by atoms with Crippen molar-refractivity contribution in [2.24, 2.45) is 7.05 Å². The molecule has 8 nitrogen and oxygen atoms in total. The monoisotopic (exact) mass is 356 g/mol. The number of carbonyl (C=O) groups is 1. The van der Waals surface area contributed by atoms with E-state index >= 15 is 0 Å². The average Bonchev–Trinajstić information content (AvgIpc) is 3.00. The molecule has 1 aliphatic heterocycles. The number of aryl methyl sites for hydroxylation is 1. The molecule has 8 heteroatoms. The molecule has 0 saturated carbocycles. The van der Waals surface area contributed by atoms with Crippen LogP contribution in [-0.2, 0) is 11.8 Å². The van der Waals surface area contributed by atoms with Crippen LogP contribution in [0.1, 0.15) is 10.5 Å². The molecule has 2 N–H and O–H groups in total. The Morgan fingerprint density at radius 2 is 2.15 bits per heavy atom. The normalized spacial score (nSPS) is 15.6. The van der Waals surface area contributed by atoms with E-state index < -0.39 is 0 Å². The third-order valence-electron chi connectivity index (χ3n) is 4.91. The van der Waals surface area contributed by atoms with Gasteiger partial charge in [-0.15, -0.1) is 0 Å². The molecule has 3 aromatic rings. The number of nitrogens with one attached hydrogen (secondary N) is 2. The molecule has 3 aromatic heterocycles. The van der Waals surface area contributed by atoms with Crippen molar-refractivity contribution in [1.82, 2.24) is 19.3 Å². The Morgan fingerprint density at radius 1 is 1.35 bits per heavy atom. The number of nitrogens with zero attached hydrogens (tertiary/aromatic N) is 3. The largest absolute Gasteiger partial charge is 0.370 e. The summed E-state index contributed by atoms with van der Waals surface area (Å²) in [7, 11) is 1.76. The van der Waals surface area contributed by atoms with Gasteiger partial charge in [0.05, 0.1) is 31.7 Å². The summed E-state index contributed by atoms with van der Waals surface area (Å²) in [5.74, 6) is -0.188. The second kappa shape index (κ2) is 6.89. The van der Waals surface area contributed by atoms with Crippen LogP contribution in [0, 0.1) is 0 Å². The second-order valence-electron chi connectivity index (χ2n) is 6.54. The molecule has 0 bridgehead atoms. The van der Waals surface area contributed by atoms with E-state index in [4.69, 9.17) is 4.74 Å². The molecule has 1 fully saturated rings. The minimum absolute atomic E-state index is 0.169. The molecule has 0 radical (unpaired) electrons. The van der Waals surface area contributed by atoms with Crippen molar-refractivity contribution in [1.29, 1.82) is 0 Å². The van der Waals surface area contributed by atoms with Crippen LogP contribution in [0.4, 0.5) is 0 Å². The van der Waals surface area contributed by atoms with Crippen LogP contribution >= 0.6 is 0 Å². The number of rotatable bonds is 4. The van der Waals surface area contributed by atoms with Gasteiger partial charge in [-0.3, -0.25) is 14.0 Å². The summed E-state index contributed by atoms with van der Waals surface area (Å²) in [5, 5.41) is 3.40. The lowest BCUT2D eigenvalue weighted by Gasteiger charge is -2.23. The van der Waals surface area contributed by atoms with Gasteiger partial charge in [-0.25, -0.2) is 4.98 Å². The number of aromatic nitrogens is 3. The highest BCUT2D eigenvalue weighted by Crippen LogP contribution is 2.14. The lowest BCUT2D eigenvalue weighted by Crippen LogP contribution is -3.14. The maximum atomic E-state index is 12.7. The molecule has 1 aliphatic rings. The van der Waals surface area contributed by atoms with Gasteiger partial charge in [0.1, 0.15) is 30.1 Å². The lowest BCUT2D eigenvalue weighted by atomic mass is 10.3. The molecule has 4 heterocycles. The zero-order valence-electron chi connectivity index (χ0n) is 14.7. The van der Waals surface area contributed by atoms with Crippen LogP contribution in [-0.4, -0.2) is 59.3 Å².